The molecule has 0 saturated carbocycles. The highest BCUT2D eigenvalue weighted by molar-refractivity contribution is 6.31. The van der Waals surface area contributed by atoms with Crippen molar-refractivity contribution >= 4 is 17.6 Å². The van der Waals surface area contributed by atoms with Crippen LogP contribution in [-0.2, 0) is 6.42 Å². The minimum atomic E-state index is 0.832. The average molecular weight is 282 g/mol. The Morgan fingerprint density at radius 3 is 2.74 bits per heavy atom. The zero-order valence-electron chi connectivity index (χ0n) is 12.1. The summed E-state index contributed by atoms with van der Waals surface area (Å²) in [6.45, 7) is 4.07. The molecule has 0 bridgehead atoms. The smallest absolute Gasteiger partial charge is 0.193 e. The van der Waals surface area contributed by atoms with Gasteiger partial charge in [-0.3, -0.25) is 4.99 Å². The molecule has 0 heterocycles. The quantitative estimate of drug-likeness (QED) is 0.641. The fourth-order valence-corrected chi connectivity index (χ4v) is 2.13. The molecule has 0 spiro atoms. The van der Waals surface area contributed by atoms with E-state index in [-0.39, 0.29) is 0 Å². The molecule has 0 aliphatic heterocycles. The van der Waals surface area contributed by atoms with Gasteiger partial charge in [-0.05, 0) is 24.5 Å². The highest BCUT2D eigenvalue weighted by atomic mass is 35.5. The molecular weight excluding hydrogens is 258 g/mol. The third-order valence-electron chi connectivity index (χ3n) is 3.06. The first-order chi connectivity index (χ1) is 9.19. The summed E-state index contributed by atoms with van der Waals surface area (Å²) >= 11 is 6.14. The SMILES string of the molecule is CCCCN(C)C(=NC)NCCc1ccccc1Cl. The topological polar surface area (TPSA) is 27.6 Å². The molecule has 0 atom stereocenters. The Kier molecular flexibility index (Phi) is 7.34. The Balaban J connectivity index is 2.40. The van der Waals surface area contributed by atoms with Crippen LogP contribution in [0.1, 0.15) is 25.3 Å². The monoisotopic (exact) mass is 281 g/mol. The average Bonchev–Trinajstić information content (AvgIpc) is 2.43. The molecule has 106 valence electrons. The van der Waals surface area contributed by atoms with Gasteiger partial charge < -0.3 is 10.2 Å². The Labute approximate surface area is 121 Å². The molecule has 1 aromatic rings. The first-order valence-electron chi connectivity index (χ1n) is 6.84. The van der Waals surface area contributed by atoms with Crippen molar-refractivity contribution in [2.75, 3.05) is 27.2 Å². The van der Waals surface area contributed by atoms with E-state index < -0.39 is 0 Å². The van der Waals surface area contributed by atoms with Crippen LogP contribution in [0.25, 0.3) is 0 Å². The van der Waals surface area contributed by atoms with Crippen molar-refractivity contribution < 1.29 is 0 Å². The summed E-state index contributed by atoms with van der Waals surface area (Å²) in [5.74, 6) is 0.945. The summed E-state index contributed by atoms with van der Waals surface area (Å²) in [7, 11) is 3.89. The number of nitrogens with one attached hydrogen (secondary N) is 1. The Morgan fingerprint density at radius 1 is 1.37 bits per heavy atom. The molecule has 0 unspecified atom stereocenters. The fourth-order valence-electron chi connectivity index (χ4n) is 1.90. The molecule has 0 saturated heterocycles. The predicted molar refractivity (Wildman–Crippen MR) is 84.1 cm³/mol. The minimum absolute atomic E-state index is 0.832. The number of unbranched alkanes of at least 4 members (excludes halogenated alkanes) is 1. The summed E-state index contributed by atoms with van der Waals surface area (Å²) in [5.41, 5.74) is 1.17. The number of rotatable bonds is 6. The van der Waals surface area contributed by atoms with Crippen LogP contribution in [0.2, 0.25) is 5.02 Å². The van der Waals surface area contributed by atoms with Crippen LogP contribution in [0.5, 0.6) is 0 Å². The van der Waals surface area contributed by atoms with Gasteiger partial charge in [0.2, 0.25) is 0 Å². The van der Waals surface area contributed by atoms with Gasteiger partial charge in [-0.15, -0.1) is 0 Å². The zero-order valence-corrected chi connectivity index (χ0v) is 12.9. The van der Waals surface area contributed by atoms with E-state index in [1.54, 1.807) is 0 Å². The van der Waals surface area contributed by atoms with Crippen LogP contribution in [0.4, 0.5) is 0 Å². The van der Waals surface area contributed by atoms with E-state index in [1.807, 2.05) is 25.2 Å². The molecular formula is C15H24ClN3. The van der Waals surface area contributed by atoms with Gasteiger partial charge in [0.05, 0.1) is 0 Å². The van der Waals surface area contributed by atoms with Gasteiger partial charge in [-0.25, -0.2) is 0 Å². The summed E-state index contributed by atoms with van der Waals surface area (Å²) in [6.07, 6.45) is 3.28. The second kappa shape index (κ2) is 8.81. The molecule has 0 aliphatic carbocycles. The van der Waals surface area contributed by atoms with Crippen molar-refractivity contribution in [3.8, 4) is 0 Å². The maximum Gasteiger partial charge on any atom is 0.193 e. The van der Waals surface area contributed by atoms with E-state index in [4.69, 9.17) is 11.6 Å². The minimum Gasteiger partial charge on any atom is -0.356 e. The third-order valence-corrected chi connectivity index (χ3v) is 3.42. The number of halogens is 1. The van der Waals surface area contributed by atoms with Crippen LogP contribution in [0.3, 0.4) is 0 Å². The molecule has 3 nitrogen and oxygen atoms in total. The van der Waals surface area contributed by atoms with Crippen LogP contribution in [0, 0.1) is 0 Å². The third kappa shape index (κ3) is 5.52. The molecule has 0 fully saturated rings. The first-order valence-corrected chi connectivity index (χ1v) is 7.22. The second-order valence-electron chi connectivity index (χ2n) is 4.59. The Bertz CT molecular complexity index is 404. The summed E-state index contributed by atoms with van der Waals surface area (Å²) in [4.78, 5) is 6.46. The number of benzene rings is 1. The van der Waals surface area contributed by atoms with Crippen molar-refractivity contribution in [1.82, 2.24) is 10.2 Å². The van der Waals surface area contributed by atoms with Crippen molar-refractivity contribution in [2.45, 2.75) is 26.2 Å². The number of nitrogens with zero attached hydrogens (tertiary/aromatic N) is 2. The van der Waals surface area contributed by atoms with Gasteiger partial charge >= 0.3 is 0 Å². The molecule has 0 radical (unpaired) electrons. The first kappa shape index (κ1) is 15.8. The molecule has 1 aromatic carbocycles. The summed E-state index contributed by atoms with van der Waals surface area (Å²) in [5, 5.41) is 4.20. The lowest BCUT2D eigenvalue weighted by Crippen LogP contribution is -2.40. The number of hydrogen-bond acceptors (Lipinski definition) is 1. The van der Waals surface area contributed by atoms with Gasteiger partial charge in [0, 0.05) is 32.2 Å². The van der Waals surface area contributed by atoms with E-state index in [1.165, 1.54) is 18.4 Å². The van der Waals surface area contributed by atoms with Crippen molar-refractivity contribution in [1.29, 1.82) is 0 Å². The molecule has 4 heteroatoms. The van der Waals surface area contributed by atoms with E-state index in [0.717, 1.165) is 30.5 Å². The van der Waals surface area contributed by atoms with E-state index in [2.05, 4.69) is 35.2 Å². The van der Waals surface area contributed by atoms with Gasteiger partial charge in [-0.2, -0.15) is 0 Å². The van der Waals surface area contributed by atoms with Gasteiger partial charge in [0.15, 0.2) is 5.96 Å². The lowest BCUT2D eigenvalue weighted by molar-refractivity contribution is 0.465. The van der Waals surface area contributed by atoms with Crippen LogP contribution in [0.15, 0.2) is 29.3 Å². The maximum atomic E-state index is 6.14. The van der Waals surface area contributed by atoms with Crippen molar-refractivity contribution in [3.05, 3.63) is 34.9 Å². The normalized spacial score (nSPS) is 11.5. The molecule has 0 aromatic heterocycles. The van der Waals surface area contributed by atoms with Crippen LogP contribution < -0.4 is 5.32 Å². The standard InChI is InChI=1S/C15H24ClN3/c1-4-5-12-19(3)15(17-2)18-11-10-13-8-6-7-9-14(13)16/h6-9H,4-5,10-12H2,1-3H3,(H,17,18). The molecule has 1 rings (SSSR count). The molecule has 0 aliphatic rings. The fraction of sp³-hybridized carbons (Fsp3) is 0.533. The van der Waals surface area contributed by atoms with Crippen LogP contribution >= 0.6 is 11.6 Å². The lowest BCUT2D eigenvalue weighted by atomic mass is 10.1. The molecule has 19 heavy (non-hydrogen) atoms. The molecule has 0 amide bonds. The van der Waals surface area contributed by atoms with Gasteiger partial charge in [0.25, 0.3) is 0 Å². The zero-order chi connectivity index (χ0) is 14.1. The van der Waals surface area contributed by atoms with E-state index in [9.17, 15) is 0 Å². The number of hydrogen-bond donors (Lipinski definition) is 1. The second-order valence-corrected chi connectivity index (χ2v) is 5.00. The Hall–Kier alpha value is -1.22. The summed E-state index contributed by atoms with van der Waals surface area (Å²) in [6, 6.07) is 7.97. The van der Waals surface area contributed by atoms with Crippen molar-refractivity contribution in [3.63, 3.8) is 0 Å². The van der Waals surface area contributed by atoms with Gasteiger partial charge in [0.1, 0.15) is 0 Å². The van der Waals surface area contributed by atoms with Crippen molar-refractivity contribution in [2.24, 2.45) is 4.99 Å². The maximum absolute atomic E-state index is 6.14. The van der Waals surface area contributed by atoms with Crippen LogP contribution in [-0.4, -0.2) is 38.0 Å². The molecule has 1 N–H and O–H groups in total. The van der Waals surface area contributed by atoms with Gasteiger partial charge in [-0.1, -0.05) is 43.1 Å². The highest BCUT2D eigenvalue weighted by Gasteiger charge is 2.05. The predicted octanol–water partition coefficient (Wildman–Crippen LogP) is 3.19. The largest absolute Gasteiger partial charge is 0.356 e. The lowest BCUT2D eigenvalue weighted by Gasteiger charge is -2.21. The number of aliphatic imine (C=N–C) groups is 1. The Morgan fingerprint density at radius 2 is 2.11 bits per heavy atom. The van der Waals surface area contributed by atoms with E-state index >= 15 is 0 Å². The summed E-state index contributed by atoms with van der Waals surface area (Å²) < 4.78 is 0. The number of guanidine groups is 1. The highest BCUT2D eigenvalue weighted by Crippen LogP contribution is 2.14. The van der Waals surface area contributed by atoms with E-state index in [0.29, 0.717) is 0 Å².